The summed E-state index contributed by atoms with van der Waals surface area (Å²) in [4.78, 5) is 34.2. The standard InChI is InChI=1S/C25H24N4O3S/c1-15-17(3)32-24-21(15)22(27-23(31)19-12-8-5-9-13-19)28-25(29-24)33-14-20(30)26-16(2)18-10-6-4-7-11-18/h4-13,16H,14H2,1-3H3,(H,26,30)(H,27,28,29,31). The Morgan fingerprint density at radius 3 is 2.36 bits per heavy atom. The van der Waals surface area contributed by atoms with E-state index in [2.05, 4.69) is 20.6 Å². The normalized spacial score (nSPS) is 11.8. The largest absolute Gasteiger partial charge is 0.443 e. The van der Waals surface area contributed by atoms with Gasteiger partial charge in [-0.3, -0.25) is 9.59 Å². The number of nitrogens with zero attached hydrogens (tertiary/aromatic N) is 2. The van der Waals surface area contributed by atoms with Crippen molar-refractivity contribution in [3.8, 4) is 0 Å². The average Bonchev–Trinajstić information content (AvgIpc) is 3.12. The molecule has 2 amide bonds. The van der Waals surface area contributed by atoms with E-state index in [1.807, 2.05) is 57.2 Å². The van der Waals surface area contributed by atoms with Gasteiger partial charge in [0.2, 0.25) is 11.6 Å². The lowest BCUT2D eigenvalue weighted by Crippen LogP contribution is -2.28. The lowest BCUT2D eigenvalue weighted by Gasteiger charge is -2.14. The number of hydrogen-bond acceptors (Lipinski definition) is 6. The van der Waals surface area contributed by atoms with Crippen molar-refractivity contribution in [1.82, 2.24) is 15.3 Å². The molecule has 2 aromatic heterocycles. The first kappa shape index (κ1) is 22.5. The maximum absolute atomic E-state index is 12.7. The van der Waals surface area contributed by atoms with Gasteiger partial charge in [-0.05, 0) is 38.5 Å². The SMILES string of the molecule is Cc1oc2nc(SCC(=O)NC(C)c3ccccc3)nc(NC(=O)c3ccccc3)c2c1C. The topological polar surface area (TPSA) is 97.1 Å². The molecule has 0 aliphatic carbocycles. The highest BCUT2D eigenvalue weighted by molar-refractivity contribution is 7.99. The van der Waals surface area contributed by atoms with E-state index in [1.165, 1.54) is 11.8 Å². The number of nitrogens with one attached hydrogen (secondary N) is 2. The van der Waals surface area contributed by atoms with Gasteiger partial charge in [0.15, 0.2) is 5.16 Å². The fraction of sp³-hybridized carbons (Fsp3) is 0.200. The van der Waals surface area contributed by atoms with Crippen LogP contribution < -0.4 is 10.6 Å². The number of amides is 2. The van der Waals surface area contributed by atoms with Crippen molar-refractivity contribution in [2.45, 2.75) is 32.0 Å². The predicted octanol–water partition coefficient (Wildman–Crippen LogP) is 5.06. The average molecular weight is 461 g/mol. The zero-order valence-electron chi connectivity index (χ0n) is 18.6. The van der Waals surface area contributed by atoms with E-state index in [-0.39, 0.29) is 23.6 Å². The Hall–Kier alpha value is -3.65. The van der Waals surface area contributed by atoms with Crippen LogP contribution in [0.1, 0.15) is 40.2 Å². The van der Waals surface area contributed by atoms with Crippen LogP contribution in [0.15, 0.2) is 70.2 Å². The molecule has 0 aliphatic rings. The molecule has 8 heteroatoms. The van der Waals surface area contributed by atoms with Crippen LogP contribution in [0.2, 0.25) is 0 Å². The summed E-state index contributed by atoms with van der Waals surface area (Å²) in [6.45, 7) is 5.67. The molecule has 7 nitrogen and oxygen atoms in total. The van der Waals surface area contributed by atoms with Gasteiger partial charge in [0.05, 0.1) is 17.2 Å². The number of carbonyl (C=O) groups is 2. The Bertz CT molecular complexity index is 1290. The monoisotopic (exact) mass is 460 g/mol. The zero-order valence-corrected chi connectivity index (χ0v) is 19.4. The number of furan rings is 1. The molecule has 0 bridgehead atoms. The van der Waals surface area contributed by atoms with E-state index >= 15 is 0 Å². The highest BCUT2D eigenvalue weighted by Gasteiger charge is 2.19. The molecule has 1 atom stereocenters. The van der Waals surface area contributed by atoms with Gasteiger partial charge in [0, 0.05) is 11.1 Å². The first-order valence-corrected chi connectivity index (χ1v) is 11.5. The third kappa shape index (κ3) is 5.23. The summed E-state index contributed by atoms with van der Waals surface area (Å²) in [5.74, 6) is 0.781. The summed E-state index contributed by atoms with van der Waals surface area (Å²) in [6.07, 6.45) is 0. The first-order chi connectivity index (χ1) is 15.9. The number of fused-ring (bicyclic) bond motifs is 1. The van der Waals surface area contributed by atoms with Crippen molar-refractivity contribution in [3.63, 3.8) is 0 Å². The summed E-state index contributed by atoms with van der Waals surface area (Å²) in [7, 11) is 0. The molecule has 4 aromatic rings. The summed E-state index contributed by atoms with van der Waals surface area (Å²) in [6, 6.07) is 18.6. The van der Waals surface area contributed by atoms with E-state index in [9.17, 15) is 9.59 Å². The van der Waals surface area contributed by atoms with E-state index in [4.69, 9.17) is 4.42 Å². The second kappa shape index (κ2) is 9.87. The van der Waals surface area contributed by atoms with Gasteiger partial charge < -0.3 is 15.1 Å². The van der Waals surface area contributed by atoms with E-state index < -0.39 is 0 Å². The van der Waals surface area contributed by atoms with Gasteiger partial charge in [-0.25, -0.2) is 4.98 Å². The van der Waals surface area contributed by atoms with Crippen molar-refractivity contribution >= 4 is 40.5 Å². The molecule has 33 heavy (non-hydrogen) atoms. The fourth-order valence-electron chi connectivity index (χ4n) is 3.39. The molecule has 0 saturated heterocycles. The van der Waals surface area contributed by atoms with Crippen LogP contribution in [0.25, 0.3) is 11.1 Å². The molecule has 2 N–H and O–H groups in total. The molecule has 0 spiro atoms. The van der Waals surface area contributed by atoms with Crippen molar-refractivity contribution in [2.24, 2.45) is 0 Å². The minimum absolute atomic E-state index is 0.112. The third-order valence-corrected chi connectivity index (χ3v) is 6.13. The molecule has 0 aliphatic heterocycles. The number of carbonyl (C=O) groups excluding carboxylic acids is 2. The van der Waals surface area contributed by atoms with Gasteiger partial charge in [-0.1, -0.05) is 60.3 Å². The Morgan fingerprint density at radius 1 is 1.00 bits per heavy atom. The Morgan fingerprint density at radius 2 is 1.67 bits per heavy atom. The van der Waals surface area contributed by atoms with Crippen molar-refractivity contribution < 1.29 is 14.0 Å². The molecule has 4 rings (SSSR count). The fourth-order valence-corrected chi connectivity index (χ4v) is 4.04. The number of anilines is 1. The summed E-state index contributed by atoms with van der Waals surface area (Å²) >= 11 is 1.19. The van der Waals surface area contributed by atoms with E-state index in [0.29, 0.717) is 33.4 Å². The second-order valence-electron chi connectivity index (χ2n) is 7.63. The van der Waals surface area contributed by atoms with Crippen LogP contribution in [-0.4, -0.2) is 27.5 Å². The molecular weight excluding hydrogens is 436 g/mol. The molecule has 2 heterocycles. The summed E-state index contributed by atoms with van der Waals surface area (Å²) < 4.78 is 5.78. The van der Waals surface area contributed by atoms with E-state index in [1.54, 1.807) is 24.3 Å². The number of thioether (sulfide) groups is 1. The number of hydrogen-bond donors (Lipinski definition) is 2. The van der Waals surface area contributed by atoms with Crippen molar-refractivity contribution in [1.29, 1.82) is 0 Å². The maximum atomic E-state index is 12.7. The summed E-state index contributed by atoms with van der Waals surface area (Å²) in [5, 5.41) is 6.85. The lowest BCUT2D eigenvalue weighted by molar-refractivity contribution is -0.119. The molecule has 0 fully saturated rings. The van der Waals surface area contributed by atoms with Crippen LogP contribution in [0, 0.1) is 13.8 Å². The minimum atomic E-state index is -0.278. The summed E-state index contributed by atoms with van der Waals surface area (Å²) in [5.41, 5.74) is 2.79. The number of aromatic nitrogens is 2. The number of benzene rings is 2. The molecular formula is C25H24N4O3S. The van der Waals surface area contributed by atoms with Gasteiger partial charge in [-0.15, -0.1) is 0 Å². The molecule has 168 valence electrons. The Labute approximate surface area is 196 Å². The first-order valence-electron chi connectivity index (χ1n) is 10.5. The lowest BCUT2D eigenvalue weighted by atomic mass is 10.1. The zero-order chi connectivity index (χ0) is 23.4. The second-order valence-corrected chi connectivity index (χ2v) is 8.57. The van der Waals surface area contributed by atoms with Crippen LogP contribution in [-0.2, 0) is 4.79 Å². The maximum Gasteiger partial charge on any atom is 0.256 e. The third-order valence-electron chi connectivity index (χ3n) is 5.29. The molecule has 0 saturated carbocycles. The van der Waals surface area contributed by atoms with Crippen LogP contribution in [0.3, 0.4) is 0 Å². The Kier molecular flexibility index (Phi) is 6.74. The van der Waals surface area contributed by atoms with Crippen LogP contribution >= 0.6 is 11.8 Å². The highest BCUT2D eigenvalue weighted by Crippen LogP contribution is 2.31. The van der Waals surface area contributed by atoms with Gasteiger partial charge in [-0.2, -0.15) is 4.98 Å². The number of aryl methyl sites for hydroxylation is 2. The highest BCUT2D eigenvalue weighted by atomic mass is 32.2. The van der Waals surface area contributed by atoms with Gasteiger partial charge >= 0.3 is 0 Å². The number of rotatable bonds is 7. The van der Waals surface area contributed by atoms with Crippen molar-refractivity contribution in [3.05, 3.63) is 83.1 Å². The molecule has 1 unspecified atom stereocenters. The van der Waals surface area contributed by atoms with Crippen LogP contribution in [0.4, 0.5) is 5.82 Å². The minimum Gasteiger partial charge on any atom is -0.443 e. The van der Waals surface area contributed by atoms with Crippen molar-refractivity contribution in [2.75, 3.05) is 11.1 Å². The quantitative estimate of drug-likeness (QED) is 0.295. The smallest absolute Gasteiger partial charge is 0.256 e. The Balaban J connectivity index is 1.52. The predicted molar refractivity (Wildman–Crippen MR) is 129 cm³/mol. The van der Waals surface area contributed by atoms with Gasteiger partial charge in [0.1, 0.15) is 11.6 Å². The molecule has 2 aromatic carbocycles. The van der Waals surface area contributed by atoms with Gasteiger partial charge in [0.25, 0.3) is 5.91 Å². The molecule has 0 radical (unpaired) electrons. The van der Waals surface area contributed by atoms with E-state index in [0.717, 1.165) is 11.1 Å². The van der Waals surface area contributed by atoms with Crippen LogP contribution in [0.5, 0.6) is 0 Å².